The van der Waals surface area contributed by atoms with Gasteiger partial charge in [0, 0.05) is 19.1 Å². The molecule has 1 unspecified atom stereocenters. The molecule has 3 rings (SSSR count). The molecule has 1 aromatic carbocycles. The predicted molar refractivity (Wildman–Crippen MR) is 131 cm³/mol. The maximum atomic E-state index is 6.26. The lowest BCUT2D eigenvalue weighted by Gasteiger charge is -2.34. The number of methoxy groups -OCH3 is 2. The normalized spacial score (nSPS) is 20.0. The van der Waals surface area contributed by atoms with E-state index in [0.717, 1.165) is 43.4 Å². The number of ether oxygens (including phenoxy) is 3. The Morgan fingerprint density at radius 3 is 2.43 bits per heavy atom. The van der Waals surface area contributed by atoms with Crippen LogP contribution < -0.4 is 20.5 Å². The van der Waals surface area contributed by atoms with Gasteiger partial charge in [0.25, 0.3) is 0 Å². The molecule has 2 fully saturated rings. The SMILES string of the molecule is COc1ccc(C(CN=C(N)NC2CCCCCC2)N2CCOCC2)cc1OC.I. The smallest absolute Gasteiger partial charge is 0.188 e. The Bertz CT molecular complexity index is 660. The second-order valence-corrected chi connectivity index (χ2v) is 7.84. The zero-order valence-corrected chi connectivity index (χ0v) is 20.6. The fourth-order valence-corrected chi connectivity index (χ4v) is 4.24. The Labute approximate surface area is 197 Å². The molecule has 1 aliphatic heterocycles. The van der Waals surface area contributed by atoms with Crippen LogP contribution in [-0.4, -0.2) is 64.0 Å². The third-order valence-electron chi connectivity index (χ3n) is 5.92. The number of rotatable bonds is 7. The van der Waals surface area contributed by atoms with Crippen LogP contribution in [0.5, 0.6) is 11.5 Å². The fourth-order valence-electron chi connectivity index (χ4n) is 4.24. The molecule has 7 nitrogen and oxygen atoms in total. The number of hydrogen-bond acceptors (Lipinski definition) is 5. The summed E-state index contributed by atoms with van der Waals surface area (Å²) < 4.78 is 16.5. The summed E-state index contributed by atoms with van der Waals surface area (Å²) in [7, 11) is 3.32. The minimum atomic E-state index is 0. The Hall–Kier alpha value is -1.26. The highest BCUT2D eigenvalue weighted by Gasteiger charge is 2.24. The lowest BCUT2D eigenvalue weighted by molar-refractivity contribution is 0.0179. The van der Waals surface area contributed by atoms with Crippen LogP contribution in [0.2, 0.25) is 0 Å². The number of nitrogens with two attached hydrogens (primary N) is 1. The highest BCUT2D eigenvalue weighted by atomic mass is 127. The summed E-state index contributed by atoms with van der Waals surface area (Å²) in [5.41, 5.74) is 7.41. The number of nitrogens with zero attached hydrogens (tertiary/aromatic N) is 2. The topological polar surface area (TPSA) is 81.3 Å². The van der Waals surface area contributed by atoms with Crippen molar-refractivity contribution in [3.05, 3.63) is 23.8 Å². The minimum Gasteiger partial charge on any atom is -0.493 e. The van der Waals surface area contributed by atoms with Crippen molar-refractivity contribution in [3.63, 3.8) is 0 Å². The van der Waals surface area contributed by atoms with Crippen molar-refractivity contribution >= 4 is 29.9 Å². The molecule has 1 saturated heterocycles. The molecule has 0 bridgehead atoms. The number of benzene rings is 1. The van der Waals surface area contributed by atoms with Crippen LogP contribution in [0.15, 0.2) is 23.2 Å². The molecule has 170 valence electrons. The van der Waals surface area contributed by atoms with Crippen LogP contribution >= 0.6 is 24.0 Å². The maximum absolute atomic E-state index is 6.26. The summed E-state index contributed by atoms with van der Waals surface area (Å²) in [5, 5.41) is 3.45. The van der Waals surface area contributed by atoms with Crippen LogP contribution in [0.1, 0.15) is 50.1 Å². The second kappa shape index (κ2) is 13.2. The van der Waals surface area contributed by atoms with E-state index < -0.39 is 0 Å². The van der Waals surface area contributed by atoms with Gasteiger partial charge in [0.1, 0.15) is 0 Å². The number of hydrogen-bond donors (Lipinski definition) is 2. The average Bonchev–Trinajstić information content (AvgIpc) is 3.03. The molecule has 0 spiro atoms. The van der Waals surface area contributed by atoms with E-state index in [1.165, 1.54) is 38.5 Å². The molecule has 1 saturated carbocycles. The molecule has 1 aliphatic carbocycles. The quantitative estimate of drug-likeness (QED) is 0.243. The Morgan fingerprint density at radius 2 is 1.80 bits per heavy atom. The van der Waals surface area contributed by atoms with Gasteiger partial charge in [0.2, 0.25) is 0 Å². The van der Waals surface area contributed by atoms with Crippen LogP contribution in [0, 0.1) is 0 Å². The molecule has 1 aromatic rings. The van der Waals surface area contributed by atoms with E-state index in [0.29, 0.717) is 18.5 Å². The first kappa shape index (κ1) is 25.0. The van der Waals surface area contributed by atoms with Crippen molar-refractivity contribution < 1.29 is 14.2 Å². The Balaban J connectivity index is 0.00000320. The second-order valence-electron chi connectivity index (χ2n) is 7.84. The van der Waals surface area contributed by atoms with Crippen LogP contribution in [0.3, 0.4) is 0 Å². The first-order chi connectivity index (χ1) is 14.2. The van der Waals surface area contributed by atoms with E-state index in [-0.39, 0.29) is 30.0 Å². The van der Waals surface area contributed by atoms with Crippen molar-refractivity contribution in [2.45, 2.75) is 50.6 Å². The average molecular weight is 532 g/mol. The highest BCUT2D eigenvalue weighted by molar-refractivity contribution is 14.0. The van der Waals surface area contributed by atoms with Gasteiger partial charge in [-0.1, -0.05) is 31.7 Å². The van der Waals surface area contributed by atoms with Gasteiger partial charge in [-0.05, 0) is 30.5 Å². The lowest BCUT2D eigenvalue weighted by atomic mass is 10.0. The molecular weight excluding hydrogens is 495 g/mol. The van der Waals surface area contributed by atoms with Gasteiger partial charge in [0.15, 0.2) is 17.5 Å². The summed E-state index contributed by atoms with van der Waals surface area (Å²) >= 11 is 0. The molecular formula is C22H37IN4O3. The van der Waals surface area contributed by atoms with E-state index in [9.17, 15) is 0 Å². The molecule has 0 amide bonds. The van der Waals surface area contributed by atoms with Crippen molar-refractivity contribution in [2.24, 2.45) is 10.7 Å². The minimum absolute atomic E-state index is 0. The molecule has 0 aromatic heterocycles. The van der Waals surface area contributed by atoms with Gasteiger partial charge < -0.3 is 25.3 Å². The molecule has 3 N–H and O–H groups in total. The lowest BCUT2D eigenvalue weighted by Crippen LogP contribution is -2.42. The molecule has 30 heavy (non-hydrogen) atoms. The van der Waals surface area contributed by atoms with Gasteiger partial charge in [-0.2, -0.15) is 0 Å². The number of morpholine rings is 1. The molecule has 0 radical (unpaired) electrons. The molecule has 8 heteroatoms. The third kappa shape index (κ3) is 7.16. The molecule has 1 atom stereocenters. The van der Waals surface area contributed by atoms with Gasteiger partial charge in [0.05, 0.1) is 40.0 Å². The largest absolute Gasteiger partial charge is 0.493 e. The zero-order valence-electron chi connectivity index (χ0n) is 18.3. The van der Waals surface area contributed by atoms with Crippen LogP contribution in [-0.2, 0) is 4.74 Å². The van der Waals surface area contributed by atoms with Gasteiger partial charge >= 0.3 is 0 Å². The predicted octanol–water partition coefficient (Wildman–Crippen LogP) is 3.32. The third-order valence-corrected chi connectivity index (χ3v) is 5.92. The zero-order chi connectivity index (χ0) is 20.5. The summed E-state index contributed by atoms with van der Waals surface area (Å²) in [5.74, 6) is 2.02. The summed E-state index contributed by atoms with van der Waals surface area (Å²) in [6.45, 7) is 3.84. The van der Waals surface area contributed by atoms with Crippen molar-refractivity contribution in [2.75, 3.05) is 47.1 Å². The Morgan fingerprint density at radius 1 is 1.13 bits per heavy atom. The van der Waals surface area contributed by atoms with Gasteiger partial charge in [-0.3, -0.25) is 9.89 Å². The van der Waals surface area contributed by atoms with E-state index in [4.69, 9.17) is 24.9 Å². The van der Waals surface area contributed by atoms with E-state index >= 15 is 0 Å². The van der Waals surface area contributed by atoms with Gasteiger partial charge in [-0.15, -0.1) is 24.0 Å². The van der Waals surface area contributed by atoms with Gasteiger partial charge in [-0.25, -0.2) is 0 Å². The maximum Gasteiger partial charge on any atom is 0.188 e. The van der Waals surface area contributed by atoms with Crippen LogP contribution in [0.25, 0.3) is 0 Å². The molecule has 1 heterocycles. The first-order valence-corrected chi connectivity index (χ1v) is 10.8. The number of halogens is 1. The standard InChI is InChI=1S/C22H36N4O3.HI/c1-27-20-10-9-17(15-21(20)28-2)19(26-11-13-29-14-12-26)16-24-22(23)25-18-7-5-3-4-6-8-18;/h9-10,15,18-19H,3-8,11-14,16H2,1-2H3,(H3,23,24,25);1H. The van der Waals surface area contributed by atoms with Crippen molar-refractivity contribution in [3.8, 4) is 11.5 Å². The van der Waals surface area contributed by atoms with E-state index in [1.807, 2.05) is 12.1 Å². The van der Waals surface area contributed by atoms with Crippen LogP contribution in [0.4, 0.5) is 0 Å². The van der Waals surface area contributed by atoms with Crippen molar-refractivity contribution in [1.82, 2.24) is 10.2 Å². The fraction of sp³-hybridized carbons (Fsp3) is 0.682. The van der Waals surface area contributed by atoms with E-state index in [1.54, 1.807) is 14.2 Å². The monoisotopic (exact) mass is 532 g/mol. The number of aliphatic imine (C=N–C) groups is 1. The number of nitrogens with one attached hydrogen (secondary N) is 1. The summed E-state index contributed by atoms with van der Waals surface area (Å²) in [4.78, 5) is 7.14. The summed E-state index contributed by atoms with van der Waals surface area (Å²) in [6, 6.07) is 6.66. The highest BCUT2D eigenvalue weighted by Crippen LogP contribution is 2.32. The Kier molecular flexibility index (Phi) is 11.0. The summed E-state index contributed by atoms with van der Waals surface area (Å²) in [6.07, 6.45) is 7.55. The molecule has 2 aliphatic rings. The van der Waals surface area contributed by atoms with Crippen molar-refractivity contribution in [1.29, 1.82) is 0 Å². The first-order valence-electron chi connectivity index (χ1n) is 10.8. The van der Waals surface area contributed by atoms with E-state index in [2.05, 4.69) is 16.3 Å². The number of guanidine groups is 1.